The van der Waals surface area contributed by atoms with E-state index in [-0.39, 0.29) is 5.69 Å². The highest BCUT2D eigenvalue weighted by molar-refractivity contribution is 5.87. The van der Waals surface area contributed by atoms with Gasteiger partial charge in [0, 0.05) is 25.1 Å². The number of benzene rings is 1. The molecule has 1 atom stereocenters. The summed E-state index contributed by atoms with van der Waals surface area (Å²) in [5, 5.41) is 3.98. The number of rotatable bonds is 4. The van der Waals surface area contributed by atoms with Crippen LogP contribution in [0.15, 0.2) is 30.5 Å². The number of hydrogen-bond donors (Lipinski definition) is 2. The van der Waals surface area contributed by atoms with Crippen LogP contribution in [0.2, 0.25) is 0 Å². The summed E-state index contributed by atoms with van der Waals surface area (Å²) < 4.78 is 45.1. The molecule has 2 aromatic heterocycles. The zero-order chi connectivity index (χ0) is 22.2. The lowest BCUT2D eigenvalue weighted by atomic mass is 9.92. The van der Waals surface area contributed by atoms with E-state index in [1.807, 2.05) is 12.3 Å². The number of nitrogen functional groups attached to an aromatic ring is 1. The molecular formula is C22H24F3N5O. The minimum absolute atomic E-state index is 0.0608. The van der Waals surface area contributed by atoms with Crippen LogP contribution in [0.3, 0.4) is 0 Å². The molecule has 1 aliphatic rings. The van der Waals surface area contributed by atoms with Gasteiger partial charge in [-0.05, 0) is 68.0 Å². The van der Waals surface area contributed by atoms with Gasteiger partial charge in [-0.15, -0.1) is 0 Å². The van der Waals surface area contributed by atoms with Gasteiger partial charge in [0.15, 0.2) is 5.65 Å². The standard InChI is InChI=1S/C22H24F3N5O/c1-12(15-7-17(22(23,24)25)10-18(26)8-15)28-21-19-9-16(14-3-5-31-6-4-14)11-27-20(19)29-13(2)30-21/h7-12,14H,3-6,26H2,1-2H3,(H,27,28,29,30)/t12-/m1/s1. The quantitative estimate of drug-likeness (QED) is 0.566. The first-order valence-corrected chi connectivity index (χ1v) is 10.2. The van der Waals surface area contributed by atoms with Gasteiger partial charge in [0.2, 0.25) is 0 Å². The predicted molar refractivity (Wildman–Crippen MR) is 113 cm³/mol. The molecular weight excluding hydrogens is 407 g/mol. The zero-order valence-corrected chi connectivity index (χ0v) is 17.3. The highest BCUT2D eigenvalue weighted by Crippen LogP contribution is 2.34. The maximum Gasteiger partial charge on any atom is 0.416 e. The molecule has 0 bridgehead atoms. The molecule has 3 aromatic rings. The van der Waals surface area contributed by atoms with Crippen LogP contribution in [0, 0.1) is 6.92 Å². The number of aromatic nitrogens is 3. The van der Waals surface area contributed by atoms with E-state index in [1.54, 1.807) is 13.8 Å². The molecule has 0 aliphatic carbocycles. The first kappa shape index (κ1) is 21.3. The van der Waals surface area contributed by atoms with Gasteiger partial charge >= 0.3 is 6.18 Å². The molecule has 4 rings (SSSR count). The van der Waals surface area contributed by atoms with E-state index in [0.717, 1.165) is 35.9 Å². The Labute approximate surface area is 178 Å². The molecule has 0 saturated carbocycles. The van der Waals surface area contributed by atoms with Crippen LogP contribution in [-0.4, -0.2) is 28.2 Å². The Bertz CT molecular complexity index is 1100. The number of nitrogens with two attached hydrogens (primary N) is 1. The SMILES string of the molecule is Cc1nc(N[C@H](C)c2cc(N)cc(C(F)(F)F)c2)c2cc(C3CCOCC3)cnc2n1. The van der Waals surface area contributed by atoms with E-state index in [0.29, 0.717) is 42.0 Å². The molecule has 1 fully saturated rings. The third kappa shape index (κ3) is 4.71. The first-order chi connectivity index (χ1) is 14.7. The maximum atomic E-state index is 13.2. The fourth-order valence-corrected chi connectivity index (χ4v) is 3.88. The van der Waals surface area contributed by atoms with Crippen molar-refractivity contribution in [3.8, 4) is 0 Å². The molecule has 0 radical (unpaired) electrons. The third-order valence-corrected chi connectivity index (χ3v) is 5.54. The Hall–Kier alpha value is -2.94. The number of aryl methyl sites for hydroxylation is 1. The summed E-state index contributed by atoms with van der Waals surface area (Å²) in [6.07, 6.45) is -0.790. The second kappa shape index (κ2) is 8.30. The van der Waals surface area contributed by atoms with E-state index in [4.69, 9.17) is 10.5 Å². The summed E-state index contributed by atoms with van der Waals surface area (Å²) in [5.41, 5.74) is 7.07. The number of anilines is 2. The van der Waals surface area contributed by atoms with Crippen LogP contribution in [0.25, 0.3) is 11.0 Å². The molecule has 1 aromatic carbocycles. The molecule has 6 nitrogen and oxygen atoms in total. The number of ether oxygens (including phenoxy) is 1. The molecule has 1 saturated heterocycles. The fourth-order valence-electron chi connectivity index (χ4n) is 3.88. The van der Waals surface area contributed by atoms with Gasteiger partial charge < -0.3 is 15.8 Å². The summed E-state index contributed by atoms with van der Waals surface area (Å²) in [5.74, 6) is 1.41. The van der Waals surface area contributed by atoms with Gasteiger partial charge in [-0.3, -0.25) is 0 Å². The Morgan fingerprint density at radius 3 is 2.58 bits per heavy atom. The minimum atomic E-state index is -4.47. The van der Waals surface area contributed by atoms with Crippen molar-refractivity contribution in [1.29, 1.82) is 0 Å². The molecule has 0 unspecified atom stereocenters. The number of hydrogen-bond acceptors (Lipinski definition) is 6. The van der Waals surface area contributed by atoms with E-state index < -0.39 is 17.8 Å². The van der Waals surface area contributed by atoms with Gasteiger partial charge in [0.05, 0.1) is 17.0 Å². The summed E-state index contributed by atoms with van der Waals surface area (Å²) >= 11 is 0. The molecule has 9 heteroatoms. The highest BCUT2D eigenvalue weighted by atomic mass is 19.4. The van der Waals surface area contributed by atoms with E-state index in [9.17, 15) is 13.2 Å². The number of fused-ring (bicyclic) bond motifs is 1. The molecule has 31 heavy (non-hydrogen) atoms. The minimum Gasteiger partial charge on any atom is -0.399 e. The number of alkyl halides is 3. The Morgan fingerprint density at radius 2 is 1.87 bits per heavy atom. The Morgan fingerprint density at radius 1 is 1.13 bits per heavy atom. The lowest BCUT2D eigenvalue weighted by Crippen LogP contribution is -2.15. The largest absolute Gasteiger partial charge is 0.416 e. The molecule has 164 valence electrons. The summed E-state index contributed by atoms with van der Waals surface area (Å²) in [6, 6.07) is 5.14. The van der Waals surface area contributed by atoms with Gasteiger partial charge in [-0.1, -0.05) is 0 Å². The van der Waals surface area contributed by atoms with Crippen molar-refractivity contribution in [1.82, 2.24) is 15.0 Å². The van der Waals surface area contributed by atoms with E-state index in [1.165, 1.54) is 6.07 Å². The third-order valence-electron chi connectivity index (χ3n) is 5.54. The molecule has 0 spiro atoms. The van der Waals surface area contributed by atoms with Gasteiger partial charge in [-0.25, -0.2) is 15.0 Å². The first-order valence-electron chi connectivity index (χ1n) is 10.2. The second-order valence-corrected chi connectivity index (χ2v) is 7.90. The number of halogens is 3. The van der Waals surface area contributed by atoms with Crippen molar-refractivity contribution in [2.75, 3.05) is 24.3 Å². The van der Waals surface area contributed by atoms with Gasteiger partial charge in [0.25, 0.3) is 0 Å². The molecule has 3 N–H and O–H groups in total. The Balaban J connectivity index is 1.69. The normalized spacial score (nSPS) is 16.4. The van der Waals surface area contributed by atoms with Crippen molar-refractivity contribution < 1.29 is 17.9 Å². The maximum absolute atomic E-state index is 13.2. The molecule has 1 aliphatic heterocycles. The molecule has 0 amide bonds. The topological polar surface area (TPSA) is 86.0 Å². The van der Waals surface area contributed by atoms with Crippen molar-refractivity contribution in [3.63, 3.8) is 0 Å². The van der Waals surface area contributed by atoms with E-state index in [2.05, 4.69) is 20.3 Å². The summed E-state index contributed by atoms with van der Waals surface area (Å²) in [4.78, 5) is 13.4. The fraction of sp³-hybridized carbons (Fsp3) is 0.409. The van der Waals surface area contributed by atoms with Crippen LogP contribution in [-0.2, 0) is 10.9 Å². The lowest BCUT2D eigenvalue weighted by molar-refractivity contribution is -0.137. The van der Waals surface area contributed by atoms with Crippen LogP contribution in [0.5, 0.6) is 0 Å². The number of pyridine rings is 1. The highest BCUT2D eigenvalue weighted by Gasteiger charge is 2.31. The zero-order valence-electron chi connectivity index (χ0n) is 17.3. The number of nitrogens with zero attached hydrogens (tertiary/aromatic N) is 3. The van der Waals surface area contributed by atoms with Gasteiger partial charge in [0.1, 0.15) is 11.6 Å². The van der Waals surface area contributed by atoms with E-state index >= 15 is 0 Å². The monoisotopic (exact) mass is 431 g/mol. The van der Waals surface area contributed by atoms with Crippen LogP contribution >= 0.6 is 0 Å². The van der Waals surface area contributed by atoms with Crippen LogP contribution < -0.4 is 11.1 Å². The average molecular weight is 431 g/mol. The molecule has 3 heterocycles. The summed E-state index contributed by atoms with van der Waals surface area (Å²) in [7, 11) is 0. The predicted octanol–water partition coefficient (Wildman–Crippen LogP) is 5.00. The van der Waals surface area contributed by atoms with Crippen LogP contribution in [0.4, 0.5) is 24.7 Å². The van der Waals surface area contributed by atoms with Crippen molar-refractivity contribution in [2.24, 2.45) is 0 Å². The smallest absolute Gasteiger partial charge is 0.399 e. The van der Waals surface area contributed by atoms with Crippen LogP contribution in [0.1, 0.15) is 54.2 Å². The average Bonchev–Trinajstić information content (AvgIpc) is 2.73. The van der Waals surface area contributed by atoms with Gasteiger partial charge in [-0.2, -0.15) is 13.2 Å². The second-order valence-electron chi connectivity index (χ2n) is 7.90. The number of nitrogens with one attached hydrogen (secondary N) is 1. The summed E-state index contributed by atoms with van der Waals surface area (Å²) in [6.45, 7) is 4.96. The van der Waals surface area contributed by atoms with Crippen molar-refractivity contribution in [3.05, 3.63) is 53.0 Å². The Kier molecular flexibility index (Phi) is 5.70. The van der Waals surface area contributed by atoms with Crippen molar-refractivity contribution >= 4 is 22.5 Å². The lowest BCUT2D eigenvalue weighted by Gasteiger charge is -2.23. The van der Waals surface area contributed by atoms with Crippen molar-refractivity contribution in [2.45, 2.75) is 44.8 Å².